The van der Waals surface area contributed by atoms with Crippen molar-refractivity contribution < 1.29 is 4.74 Å². The first-order valence-electron chi connectivity index (χ1n) is 7.06. The Kier molecular flexibility index (Phi) is 3.81. The summed E-state index contributed by atoms with van der Waals surface area (Å²) in [6.45, 7) is 13.5. The average molecular weight is 240 g/mol. The summed E-state index contributed by atoms with van der Waals surface area (Å²) in [4.78, 5) is 2.76. The molecule has 0 aromatic rings. The maximum atomic E-state index is 5.53. The lowest BCUT2D eigenvalue weighted by Gasteiger charge is -2.54. The molecule has 2 fully saturated rings. The lowest BCUT2D eigenvalue weighted by Crippen LogP contribution is -2.67. The van der Waals surface area contributed by atoms with E-state index in [4.69, 9.17) is 4.74 Å². The van der Waals surface area contributed by atoms with E-state index in [1.165, 1.54) is 19.3 Å². The molecule has 17 heavy (non-hydrogen) atoms. The summed E-state index contributed by atoms with van der Waals surface area (Å²) in [6.07, 6.45) is 3.60. The van der Waals surface area contributed by atoms with Gasteiger partial charge in [0.05, 0.1) is 0 Å². The van der Waals surface area contributed by atoms with Gasteiger partial charge in [0.25, 0.3) is 0 Å². The van der Waals surface area contributed by atoms with Crippen molar-refractivity contribution in [2.24, 2.45) is 0 Å². The van der Waals surface area contributed by atoms with Crippen molar-refractivity contribution in [1.82, 2.24) is 10.2 Å². The van der Waals surface area contributed by atoms with E-state index in [1.807, 2.05) is 0 Å². The Labute approximate surface area is 106 Å². The molecule has 3 nitrogen and oxygen atoms in total. The van der Waals surface area contributed by atoms with Gasteiger partial charge >= 0.3 is 0 Å². The van der Waals surface area contributed by atoms with Crippen LogP contribution in [-0.2, 0) is 4.74 Å². The van der Waals surface area contributed by atoms with Crippen LogP contribution >= 0.6 is 0 Å². The quantitative estimate of drug-likeness (QED) is 0.799. The number of hydrogen-bond donors (Lipinski definition) is 1. The molecule has 2 heterocycles. The second-order valence-electron chi connectivity index (χ2n) is 6.56. The molecule has 1 N–H and O–H groups in total. The fourth-order valence-electron chi connectivity index (χ4n) is 3.21. The molecule has 0 aromatic carbocycles. The average Bonchev–Trinajstić information content (AvgIpc) is 2.29. The molecule has 0 saturated carbocycles. The van der Waals surface area contributed by atoms with E-state index in [9.17, 15) is 0 Å². The van der Waals surface area contributed by atoms with Crippen LogP contribution in [-0.4, -0.2) is 48.3 Å². The van der Waals surface area contributed by atoms with Crippen LogP contribution in [0.15, 0.2) is 0 Å². The van der Waals surface area contributed by atoms with Crippen molar-refractivity contribution in [2.75, 3.05) is 26.3 Å². The number of rotatable bonds is 2. The Morgan fingerprint density at radius 3 is 2.47 bits per heavy atom. The summed E-state index contributed by atoms with van der Waals surface area (Å²) in [5, 5.41) is 3.67. The summed E-state index contributed by atoms with van der Waals surface area (Å²) >= 11 is 0. The monoisotopic (exact) mass is 240 g/mol. The molecule has 0 spiro atoms. The van der Waals surface area contributed by atoms with Crippen molar-refractivity contribution in [3.63, 3.8) is 0 Å². The number of ether oxygens (including phenoxy) is 1. The van der Waals surface area contributed by atoms with Crippen LogP contribution in [0.1, 0.15) is 47.0 Å². The predicted octanol–water partition coefficient (Wildman–Crippen LogP) is 2.02. The topological polar surface area (TPSA) is 24.5 Å². The van der Waals surface area contributed by atoms with E-state index < -0.39 is 0 Å². The zero-order valence-electron chi connectivity index (χ0n) is 11.9. The molecule has 0 amide bonds. The fraction of sp³-hybridized carbons (Fsp3) is 1.00. The maximum Gasteiger partial charge on any atom is 0.0483 e. The third kappa shape index (κ3) is 2.83. The van der Waals surface area contributed by atoms with Crippen molar-refractivity contribution >= 4 is 0 Å². The second-order valence-corrected chi connectivity index (χ2v) is 6.56. The Balaban J connectivity index is 2.13. The van der Waals surface area contributed by atoms with Crippen LogP contribution in [0.3, 0.4) is 0 Å². The molecule has 0 radical (unpaired) electrons. The normalized spacial score (nSPS) is 33.5. The Morgan fingerprint density at radius 1 is 1.24 bits per heavy atom. The van der Waals surface area contributed by atoms with Gasteiger partial charge < -0.3 is 10.1 Å². The minimum absolute atomic E-state index is 0.243. The molecule has 2 rings (SSSR count). The van der Waals surface area contributed by atoms with E-state index in [0.29, 0.717) is 11.6 Å². The highest BCUT2D eigenvalue weighted by atomic mass is 16.5. The van der Waals surface area contributed by atoms with E-state index in [-0.39, 0.29) is 5.54 Å². The predicted molar refractivity (Wildman–Crippen MR) is 71.3 cm³/mol. The van der Waals surface area contributed by atoms with Crippen LogP contribution in [0, 0.1) is 0 Å². The highest BCUT2D eigenvalue weighted by molar-refractivity contribution is 5.00. The molecule has 0 aromatic heterocycles. The third-order valence-electron chi connectivity index (χ3n) is 4.56. The van der Waals surface area contributed by atoms with E-state index in [2.05, 4.69) is 37.9 Å². The van der Waals surface area contributed by atoms with Crippen molar-refractivity contribution in [3.05, 3.63) is 0 Å². The minimum Gasteiger partial charge on any atom is -0.381 e. The molecule has 0 bridgehead atoms. The summed E-state index contributed by atoms with van der Waals surface area (Å²) < 4.78 is 5.53. The summed E-state index contributed by atoms with van der Waals surface area (Å²) in [5.41, 5.74) is 0.589. The first-order valence-corrected chi connectivity index (χ1v) is 7.06. The number of nitrogens with zero attached hydrogens (tertiary/aromatic N) is 1. The van der Waals surface area contributed by atoms with Gasteiger partial charge in [0, 0.05) is 43.4 Å². The van der Waals surface area contributed by atoms with Gasteiger partial charge in [-0.05, 0) is 40.0 Å². The van der Waals surface area contributed by atoms with Crippen LogP contribution < -0.4 is 5.32 Å². The van der Waals surface area contributed by atoms with Gasteiger partial charge in [-0.3, -0.25) is 4.90 Å². The number of nitrogens with one attached hydrogen (secondary N) is 1. The lowest BCUT2D eigenvalue weighted by molar-refractivity contribution is -0.0635. The Bertz CT molecular complexity index is 259. The van der Waals surface area contributed by atoms with Crippen LogP contribution in [0.4, 0.5) is 0 Å². The molecule has 1 atom stereocenters. The van der Waals surface area contributed by atoms with Crippen molar-refractivity contribution in [3.8, 4) is 0 Å². The largest absolute Gasteiger partial charge is 0.381 e. The summed E-state index contributed by atoms with van der Waals surface area (Å²) in [5.74, 6) is 0. The van der Waals surface area contributed by atoms with Gasteiger partial charge in [-0.2, -0.15) is 0 Å². The Morgan fingerprint density at radius 2 is 1.88 bits per heavy atom. The van der Waals surface area contributed by atoms with Crippen molar-refractivity contribution in [2.45, 2.75) is 64.1 Å². The van der Waals surface area contributed by atoms with Gasteiger partial charge in [-0.15, -0.1) is 0 Å². The highest BCUT2D eigenvalue weighted by Crippen LogP contribution is 2.33. The number of hydrogen-bond acceptors (Lipinski definition) is 3. The first kappa shape index (κ1) is 13.3. The molecule has 2 aliphatic rings. The molecule has 2 aliphatic heterocycles. The number of piperazine rings is 1. The SMILES string of the molecule is CCC1CNC(C)(C)CN1C1(C)CCOCC1. The lowest BCUT2D eigenvalue weighted by atomic mass is 9.84. The zero-order valence-corrected chi connectivity index (χ0v) is 11.9. The van der Waals surface area contributed by atoms with E-state index >= 15 is 0 Å². The molecule has 3 heteroatoms. The first-order chi connectivity index (χ1) is 7.97. The molecule has 0 aliphatic carbocycles. The molecular weight excluding hydrogens is 212 g/mol. The summed E-state index contributed by atoms with van der Waals surface area (Å²) in [6, 6.07) is 0.686. The fourth-order valence-corrected chi connectivity index (χ4v) is 3.21. The van der Waals surface area contributed by atoms with E-state index in [1.54, 1.807) is 0 Å². The maximum absolute atomic E-state index is 5.53. The van der Waals surface area contributed by atoms with Crippen LogP contribution in [0.25, 0.3) is 0 Å². The van der Waals surface area contributed by atoms with Gasteiger partial charge in [-0.25, -0.2) is 0 Å². The third-order valence-corrected chi connectivity index (χ3v) is 4.56. The smallest absolute Gasteiger partial charge is 0.0483 e. The standard InChI is InChI=1S/C14H28N2O/c1-5-12-10-15-13(2,3)11-16(12)14(4)6-8-17-9-7-14/h12,15H,5-11H2,1-4H3. The minimum atomic E-state index is 0.243. The Hall–Kier alpha value is -0.120. The zero-order chi connectivity index (χ0) is 12.5. The van der Waals surface area contributed by atoms with Crippen LogP contribution in [0.5, 0.6) is 0 Å². The molecule has 2 saturated heterocycles. The second kappa shape index (κ2) is 4.87. The van der Waals surface area contributed by atoms with Crippen LogP contribution in [0.2, 0.25) is 0 Å². The van der Waals surface area contributed by atoms with Gasteiger partial charge in [0.15, 0.2) is 0 Å². The van der Waals surface area contributed by atoms with Gasteiger partial charge in [-0.1, -0.05) is 6.92 Å². The van der Waals surface area contributed by atoms with Crippen molar-refractivity contribution in [1.29, 1.82) is 0 Å². The summed E-state index contributed by atoms with van der Waals surface area (Å²) in [7, 11) is 0. The molecular formula is C14H28N2O. The van der Waals surface area contributed by atoms with Gasteiger partial charge in [0.2, 0.25) is 0 Å². The van der Waals surface area contributed by atoms with E-state index in [0.717, 1.165) is 26.3 Å². The molecule has 100 valence electrons. The van der Waals surface area contributed by atoms with Gasteiger partial charge in [0.1, 0.15) is 0 Å². The molecule has 1 unspecified atom stereocenters. The highest BCUT2D eigenvalue weighted by Gasteiger charge is 2.42.